The van der Waals surface area contributed by atoms with Gasteiger partial charge in [-0.25, -0.2) is 12.8 Å². The number of hydrogen-bond acceptors (Lipinski definition) is 3. The summed E-state index contributed by atoms with van der Waals surface area (Å²) in [5, 5.41) is 8.96. The number of rotatable bonds is 4. The lowest BCUT2D eigenvalue weighted by molar-refractivity contribution is -0.917. The van der Waals surface area contributed by atoms with Crippen LogP contribution in [0, 0.1) is 17.1 Å². The summed E-state index contributed by atoms with van der Waals surface area (Å²) in [5.41, 5.74) is 1.68. The Kier molecular flexibility index (Phi) is 5.13. The summed E-state index contributed by atoms with van der Waals surface area (Å²) in [6, 6.07) is 15.0. The smallest absolute Gasteiger partial charge is 0.246 e. The first kappa shape index (κ1) is 17.5. The topological polar surface area (TPSA) is 65.6 Å². The highest BCUT2D eigenvalue weighted by Gasteiger charge is 2.32. The number of benzene rings is 2. The minimum Gasteiger partial charge on any atom is -0.329 e. The van der Waals surface area contributed by atoms with E-state index >= 15 is 0 Å². The van der Waals surface area contributed by atoms with E-state index in [0.717, 1.165) is 18.2 Å². The summed E-state index contributed by atoms with van der Waals surface area (Å²) < 4.78 is 40.4. The Morgan fingerprint density at radius 2 is 1.84 bits per heavy atom. The van der Waals surface area contributed by atoms with Crippen molar-refractivity contribution >= 4 is 10.0 Å². The van der Waals surface area contributed by atoms with Gasteiger partial charge in [0.15, 0.2) is 0 Å². The fourth-order valence-electron chi connectivity index (χ4n) is 3.05. The van der Waals surface area contributed by atoms with Crippen LogP contribution in [0.4, 0.5) is 4.39 Å². The molecule has 25 heavy (non-hydrogen) atoms. The molecule has 130 valence electrons. The van der Waals surface area contributed by atoms with E-state index in [1.54, 1.807) is 6.07 Å². The monoisotopic (exact) mass is 360 g/mol. The molecular formula is C18H19FN3O2S+. The predicted octanol–water partition coefficient (Wildman–Crippen LogP) is 0.787. The molecule has 1 aliphatic rings. The van der Waals surface area contributed by atoms with Gasteiger partial charge in [-0.15, -0.1) is 0 Å². The van der Waals surface area contributed by atoms with Crippen LogP contribution in [0.5, 0.6) is 0 Å². The van der Waals surface area contributed by atoms with Gasteiger partial charge in [0.1, 0.15) is 17.3 Å². The summed E-state index contributed by atoms with van der Waals surface area (Å²) in [5.74, 6) is -0.717. The van der Waals surface area contributed by atoms with E-state index in [0.29, 0.717) is 31.7 Å². The van der Waals surface area contributed by atoms with E-state index < -0.39 is 15.8 Å². The molecule has 0 bridgehead atoms. The number of piperazine rings is 1. The van der Waals surface area contributed by atoms with Gasteiger partial charge in [-0.2, -0.15) is 9.57 Å². The van der Waals surface area contributed by atoms with Gasteiger partial charge in [0.2, 0.25) is 10.0 Å². The number of quaternary nitrogens is 1. The molecule has 1 N–H and O–H groups in total. The van der Waals surface area contributed by atoms with Crippen LogP contribution in [-0.4, -0.2) is 38.9 Å². The third-order valence-corrected chi connectivity index (χ3v) is 6.33. The summed E-state index contributed by atoms with van der Waals surface area (Å²) in [4.78, 5) is 0.982. The first-order chi connectivity index (χ1) is 12.0. The van der Waals surface area contributed by atoms with Gasteiger partial charge in [0, 0.05) is 5.56 Å². The van der Waals surface area contributed by atoms with Crippen molar-refractivity contribution in [3.63, 3.8) is 0 Å². The Labute approximate surface area is 147 Å². The van der Waals surface area contributed by atoms with Crippen molar-refractivity contribution in [2.45, 2.75) is 11.4 Å². The van der Waals surface area contributed by atoms with Crippen molar-refractivity contribution in [1.29, 1.82) is 5.26 Å². The van der Waals surface area contributed by atoms with Crippen molar-refractivity contribution in [2.75, 3.05) is 26.2 Å². The largest absolute Gasteiger partial charge is 0.329 e. The number of sulfonamides is 1. The lowest BCUT2D eigenvalue weighted by Gasteiger charge is -2.31. The normalized spacial score (nSPS) is 16.5. The number of hydrogen-bond donors (Lipinski definition) is 1. The van der Waals surface area contributed by atoms with Gasteiger partial charge in [-0.1, -0.05) is 24.3 Å². The van der Waals surface area contributed by atoms with E-state index in [1.807, 2.05) is 18.2 Å². The third-order valence-electron chi connectivity index (χ3n) is 4.39. The average Bonchev–Trinajstić information content (AvgIpc) is 2.62. The van der Waals surface area contributed by atoms with E-state index in [1.165, 1.54) is 27.4 Å². The second-order valence-corrected chi connectivity index (χ2v) is 7.98. The lowest BCUT2D eigenvalue weighted by Crippen LogP contribution is -3.13. The van der Waals surface area contributed by atoms with Crippen LogP contribution in [0.15, 0.2) is 53.4 Å². The Balaban J connectivity index is 1.66. The molecule has 0 radical (unpaired) electrons. The molecule has 0 unspecified atom stereocenters. The maximum Gasteiger partial charge on any atom is 0.246 e. The first-order valence-electron chi connectivity index (χ1n) is 8.08. The Morgan fingerprint density at radius 3 is 2.52 bits per heavy atom. The average molecular weight is 360 g/mol. The molecule has 0 aliphatic carbocycles. The highest BCUT2D eigenvalue weighted by molar-refractivity contribution is 7.89. The van der Waals surface area contributed by atoms with Crippen LogP contribution < -0.4 is 4.90 Å². The molecule has 2 aromatic carbocycles. The molecule has 1 fully saturated rings. The molecule has 1 heterocycles. The molecule has 0 aromatic heterocycles. The molecule has 1 saturated heterocycles. The van der Waals surface area contributed by atoms with E-state index in [-0.39, 0.29) is 4.90 Å². The zero-order valence-electron chi connectivity index (χ0n) is 13.7. The summed E-state index contributed by atoms with van der Waals surface area (Å²) in [7, 11) is -3.80. The van der Waals surface area contributed by atoms with E-state index in [9.17, 15) is 12.8 Å². The van der Waals surface area contributed by atoms with Crippen LogP contribution in [0.2, 0.25) is 0 Å². The molecule has 0 saturated carbocycles. The zero-order chi connectivity index (χ0) is 17.9. The van der Waals surface area contributed by atoms with Gasteiger partial charge in [0.05, 0.1) is 37.8 Å². The maximum absolute atomic E-state index is 13.8. The minimum atomic E-state index is -3.80. The van der Waals surface area contributed by atoms with Crippen LogP contribution in [0.1, 0.15) is 11.1 Å². The van der Waals surface area contributed by atoms with Crippen molar-refractivity contribution in [1.82, 2.24) is 4.31 Å². The van der Waals surface area contributed by atoms with Gasteiger partial charge in [-0.05, 0) is 24.3 Å². The predicted molar refractivity (Wildman–Crippen MR) is 90.7 cm³/mol. The van der Waals surface area contributed by atoms with Gasteiger partial charge in [-0.3, -0.25) is 0 Å². The number of nitrogens with one attached hydrogen (secondary N) is 1. The Morgan fingerprint density at radius 1 is 1.12 bits per heavy atom. The van der Waals surface area contributed by atoms with Crippen molar-refractivity contribution < 1.29 is 17.7 Å². The number of nitriles is 1. The molecule has 3 rings (SSSR count). The minimum absolute atomic E-state index is 0.264. The Hall–Kier alpha value is -2.27. The summed E-state index contributed by atoms with van der Waals surface area (Å²) in [6.45, 7) is 2.73. The van der Waals surface area contributed by atoms with Crippen molar-refractivity contribution in [2.24, 2.45) is 0 Å². The molecule has 0 spiro atoms. The van der Waals surface area contributed by atoms with E-state index in [2.05, 4.69) is 6.07 Å². The molecule has 0 amide bonds. The van der Waals surface area contributed by atoms with Crippen molar-refractivity contribution in [3.05, 3.63) is 65.5 Å². The molecule has 0 atom stereocenters. The van der Waals surface area contributed by atoms with Crippen molar-refractivity contribution in [3.8, 4) is 6.07 Å². The molecular weight excluding hydrogens is 341 g/mol. The summed E-state index contributed by atoms with van der Waals surface area (Å²) in [6.07, 6.45) is 0. The van der Waals surface area contributed by atoms with Crippen LogP contribution in [0.3, 0.4) is 0 Å². The molecule has 1 aliphatic heterocycles. The van der Waals surface area contributed by atoms with Crippen LogP contribution in [-0.2, 0) is 16.6 Å². The van der Waals surface area contributed by atoms with Gasteiger partial charge in [0.25, 0.3) is 0 Å². The van der Waals surface area contributed by atoms with Gasteiger partial charge < -0.3 is 4.90 Å². The quantitative estimate of drug-likeness (QED) is 0.877. The third kappa shape index (κ3) is 3.87. The highest BCUT2D eigenvalue weighted by atomic mass is 32.2. The summed E-state index contributed by atoms with van der Waals surface area (Å²) >= 11 is 0. The number of halogens is 1. The second-order valence-electron chi connectivity index (χ2n) is 6.07. The highest BCUT2D eigenvalue weighted by Crippen LogP contribution is 2.18. The molecule has 7 heteroatoms. The standard InChI is InChI=1S/C18H18FN3O2S/c19-17-6-1-2-7-18(17)25(23,24)22-10-8-21(9-11-22)14-16-5-3-4-15(12-16)13-20/h1-7,12H,8-11,14H2/p+1. The van der Waals surface area contributed by atoms with Gasteiger partial charge >= 0.3 is 0 Å². The maximum atomic E-state index is 13.8. The SMILES string of the molecule is N#Cc1cccc(C[NH+]2CCN(S(=O)(=O)c3ccccc3F)CC2)c1. The van der Waals surface area contributed by atoms with E-state index in [4.69, 9.17) is 5.26 Å². The fourth-order valence-corrected chi connectivity index (χ4v) is 4.56. The molecule has 5 nitrogen and oxygen atoms in total. The second kappa shape index (κ2) is 7.31. The zero-order valence-corrected chi connectivity index (χ0v) is 14.5. The van der Waals surface area contributed by atoms with Crippen LogP contribution in [0.25, 0.3) is 0 Å². The molecule has 2 aromatic rings. The number of nitrogens with zero attached hydrogens (tertiary/aromatic N) is 2. The lowest BCUT2D eigenvalue weighted by atomic mass is 10.1. The van der Waals surface area contributed by atoms with Crippen LogP contribution >= 0.6 is 0 Å². The fraction of sp³-hybridized carbons (Fsp3) is 0.278. The first-order valence-corrected chi connectivity index (χ1v) is 9.52. The Bertz CT molecular complexity index is 901.